The molecule has 0 spiro atoms. The zero-order valence-electron chi connectivity index (χ0n) is 14.7. The zero-order valence-corrected chi connectivity index (χ0v) is 17.0. The van der Waals surface area contributed by atoms with Crippen LogP contribution in [0.3, 0.4) is 0 Å². The van der Waals surface area contributed by atoms with E-state index in [9.17, 15) is 0 Å². The molecule has 0 saturated carbocycles. The van der Waals surface area contributed by atoms with Crippen molar-refractivity contribution in [2.45, 2.75) is 38.9 Å². The van der Waals surface area contributed by atoms with Gasteiger partial charge < -0.3 is 19.4 Å². The number of imidazole rings is 1. The van der Waals surface area contributed by atoms with E-state index in [1.807, 2.05) is 7.05 Å². The highest BCUT2D eigenvalue weighted by Gasteiger charge is 2.13. The van der Waals surface area contributed by atoms with Crippen molar-refractivity contribution in [1.29, 1.82) is 0 Å². The van der Waals surface area contributed by atoms with E-state index in [2.05, 4.69) is 63.0 Å². The molecule has 24 heavy (non-hydrogen) atoms. The first-order valence-corrected chi connectivity index (χ1v) is 8.24. The summed E-state index contributed by atoms with van der Waals surface area (Å²) in [5.74, 6) is 2.11. The van der Waals surface area contributed by atoms with Gasteiger partial charge in [0.15, 0.2) is 5.96 Å². The summed E-state index contributed by atoms with van der Waals surface area (Å²) in [5.41, 5.74) is 2.35. The lowest BCUT2D eigenvalue weighted by Crippen LogP contribution is -2.38. The summed E-state index contributed by atoms with van der Waals surface area (Å²) in [6.45, 7) is 2.64. The topological polar surface area (TPSA) is 50.4 Å². The average molecular weight is 442 g/mol. The van der Waals surface area contributed by atoms with Gasteiger partial charge >= 0.3 is 0 Å². The Morgan fingerprint density at radius 3 is 2.92 bits per heavy atom. The lowest BCUT2D eigenvalue weighted by atomic mass is 10.2. The molecule has 0 aliphatic carbocycles. The number of nitrogens with one attached hydrogen (secondary N) is 1. The third-order valence-electron chi connectivity index (χ3n) is 4.41. The molecule has 0 unspecified atom stereocenters. The van der Waals surface area contributed by atoms with Crippen molar-refractivity contribution in [2.75, 3.05) is 14.1 Å². The Kier molecular flexibility index (Phi) is 6.70. The normalized spacial score (nSPS) is 14.0. The van der Waals surface area contributed by atoms with Gasteiger partial charge in [-0.05, 0) is 25.0 Å². The van der Waals surface area contributed by atoms with Gasteiger partial charge in [0.05, 0.1) is 18.8 Å². The summed E-state index contributed by atoms with van der Waals surface area (Å²) in [7, 11) is 5.94. The van der Waals surface area contributed by atoms with E-state index in [4.69, 9.17) is 4.98 Å². The van der Waals surface area contributed by atoms with Crippen LogP contribution in [0.2, 0.25) is 0 Å². The van der Waals surface area contributed by atoms with Gasteiger partial charge in [0.25, 0.3) is 0 Å². The molecule has 0 atom stereocenters. The van der Waals surface area contributed by atoms with Gasteiger partial charge in [0.1, 0.15) is 5.82 Å². The predicted molar refractivity (Wildman–Crippen MR) is 108 cm³/mol. The molecule has 3 heterocycles. The molecule has 0 amide bonds. The molecule has 1 aliphatic heterocycles. The first-order chi connectivity index (χ1) is 11.2. The number of aliphatic imine (C=N–C) groups is 1. The van der Waals surface area contributed by atoms with Gasteiger partial charge in [-0.3, -0.25) is 4.99 Å². The molecular formula is C17H27IN6. The molecule has 0 bridgehead atoms. The molecule has 0 radical (unpaired) electrons. The SMILES string of the molecule is CN=C(NCc1cn2c(n1)CCCC2)N(C)Cc1cccn1C.I. The van der Waals surface area contributed by atoms with Crippen LogP contribution in [0.5, 0.6) is 0 Å². The second kappa shape index (κ2) is 8.55. The Labute approximate surface area is 161 Å². The van der Waals surface area contributed by atoms with Crippen LogP contribution in [0, 0.1) is 0 Å². The highest BCUT2D eigenvalue weighted by Crippen LogP contribution is 2.14. The van der Waals surface area contributed by atoms with E-state index in [0.29, 0.717) is 6.54 Å². The molecule has 2 aromatic heterocycles. The van der Waals surface area contributed by atoms with Crippen LogP contribution in [0.1, 0.15) is 30.1 Å². The minimum atomic E-state index is 0. The van der Waals surface area contributed by atoms with Crippen molar-refractivity contribution in [3.05, 3.63) is 41.7 Å². The molecule has 0 aromatic carbocycles. The first-order valence-electron chi connectivity index (χ1n) is 8.24. The van der Waals surface area contributed by atoms with E-state index < -0.39 is 0 Å². The smallest absolute Gasteiger partial charge is 0.194 e. The van der Waals surface area contributed by atoms with Crippen molar-refractivity contribution in [3.63, 3.8) is 0 Å². The minimum absolute atomic E-state index is 0. The lowest BCUT2D eigenvalue weighted by molar-refractivity contribution is 0.461. The Morgan fingerprint density at radius 2 is 2.25 bits per heavy atom. The van der Waals surface area contributed by atoms with Crippen LogP contribution in [0.15, 0.2) is 29.5 Å². The first kappa shape index (κ1) is 18.8. The maximum absolute atomic E-state index is 4.73. The molecule has 1 N–H and O–H groups in total. The highest BCUT2D eigenvalue weighted by molar-refractivity contribution is 14.0. The summed E-state index contributed by atoms with van der Waals surface area (Å²) in [6.07, 6.45) is 7.85. The molecule has 1 aliphatic rings. The van der Waals surface area contributed by atoms with Crippen LogP contribution in [-0.4, -0.2) is 39.1 Å². The Balaban J connectivity index is 0.00000208. The van der Waals surface area contributed by atoms with Crippen LogP contribution >= 0.6 is 24.0 Å². The summed E-state index contributed by atoms with van der Waals surface area (Å²) in [5, 5.41) is 3.42. The number of aryl methyl sites for hydroxylation is 3. The molecule has 3 rings (SSSR count). The maximum Gasteiger partial charge on any atom is 0.194 e. The number of hydrogen-bond donors (Lipinski definition) is 1. The van der Waals surface area contributed by atoms with Crippen LogP contribution < -0.4 is 5.32 Å². The van der Waals surface area contributed by atoms with Crippen molar-refractivity contribution in [1.82, 2.24) is 24.3 Å². The highest BCUT2D eigenvalue weighted by atomic mass is 127. The van der Waals surface area contributed by atoms with E-state index in [1.54, 1.807) is 0 Å². The summed E-state index contributed by atoms with van der Waals surface area (Å²) >= 11 is 0. The van der Waals surface area contributed by atoms with Gasteiger partial charge in [-0.15, -0.1) is 24.0 Å². The van der Waals surface area contributed by atoms with Crippen LogP contribution in [0.25, 0.3) is 0 Å². The van der Waals surface area contributed by atoms with E-state index >= 15 is 0 Å². The summed E-state index contributed by atoms with van der Waals surface area (Å²) < 4.78 is 4.42. The lowest BCUT2D eigenvalue weighted by Gasteiger charge is -2.22. The van der Waals surface area contributed by atoms with Crippen LogP contribution in [0.4, 0.5) is 0 Å². The van der Waals surface area contributed by atoms with Crippen molar-refractivity contribution < 1.29 is 0 Å². The van der Waals surface area contributed by atoms with Gasteiger partial charge in [0.2, 0.25) is 0 Å². The van der Waals surface area contributed by atoms with Gasteiger partial charge in [-0.1, -0.05) is 0 Å². The Morgan fingerprint density at radius 1 is 1.42 bits per heavy atom. The fourth-order valence-corrected chi connectivity index (χ4v) is 3.09. The third kappa shape index (κ3) is 4.31. The zero-order chi connectivity index (χ0) is 16.2. The van der Waals surface area contributed by atoms with Gasteiger partial charge in [-0.25, -0.2) is 4.98 Å². The predicted octanol–water partition coefficient (Wildman–Crippen LogP) is 2.38. The number of hydrogen-bond acceptors (Lipinski definition) is 2. The number of guanidine groups is 1. The van der Waals surface area contributed by atoms with Crippen molar-refractivity contribution in [2.24, 2.45) is 12.0 Å². The summed E-state index contributed by atoms with van der Waals surface area (Å²) in [6, 6.07) is 4.20. The average Bonchev–Trinajstić information content (AvgIpc) is 3.14. The Bertz CT molecular complexity index is 664. The molecule has 2 aromatic rings. The number of fused-ring (bicyclic) bond motifs is 1. The standard InChI is InChI=1S/C17H26N6.HI/c1-18-17(22(3)13-15-7-6-9-21(15)2)19-11-14-12-23-10-5-4-8-16(23)20-14;/h6-7,9,12H,4-5,8,10-11,13H2,1-3H3,(H,18,19);1H. The number of halogens is 1. The fraction of sp³-hybridized carbons (Fsp3) is 0.529. The minimum Gasteiger partial charge on any atom is -0.353 e. The molecule has 0 fully saturated rings. The molecule has 7 heteroatoms. The summed E-state index contributed by atoms with van der Waals surface area (Å²) in [4.78, 5) is 11.2. The second-order valence-corrected chi connectivity index (χ2v) is 6.17. The number of aromatic nitrogens is 3. The molecule has 132 valence electrons. The Hall–Kier alpha value is -1.51. The number of nitrogens with zero attached hydrogens (tertiary/aromatic N) is 5. The van der Waals surface area contributed by atoms with Crippen LogP contribution in [-0.2, 0) is 33.1 Å². The number of rotatable bonds is 4. The van der Waals surface area contributed by atoms with E-state index in [0.717, 1.165) is 31.2 Å². The maximum atomic E-state index is 4.73. The van der Waals surface area contributed by atoms with Crippen molar-refractivity contribution in [3.8, 4) is 0 Å². The monoisotopic (exact) mass is 442 g/mol. The van der Waals surface area contributed by atoms with E-state index in [-0.39, 0.29) is 24.0 Å². The molecule has 0 saturated heterocycles. The van der Waals surface area contributed by atoms with Gasteiger partial charge in [-0.2, -0.15) is 0 Å². The second-order valence-electron chi connectivity index (χ2n) is 6.17. The quantitative estimate of drug-likeness (QED) is 0.450. The largest absolute Gasteiger partial charge is 0.353 e. The molecule has 6 nitrogen and oxygen atoms in total. The third-order valence-corrected chi connectivity index (χ3v) is 4.41. The molecular weight excluding hydrogens is 415 g/mol. The van der Waals surface area contributed by atoms with Gasteiger partial charge in [0, 0.05) is 52.2 Å². The van der Waals surface area contributed by atoms with E-state index in [1.165, 1.54) is 24.4 Å². The van der Waals surface area contributed by atoms with Crippen molar-refractivity contribution >= 4 is 29.9 Å². The fourth-order valence-electron chi connectivity index (χ4n) is 3.09.